The number of pyridine rings is 1. The second-order valence-corrected chi connectivity index (χ2v) is 11.2. The zero-order valence-corrected chi connectivity index (χ0v) is 20.8. The molecule has 0 bridgehead atoms. The second kappa shape index (κ2) is 9.03. The van der Waals surface area contributed by atoms with Crippen molar-refractivity contribution in [2.45, 2.75) is 58.9 Å². The van der Waals surface area contributed by atoms with Crippen molar-refractivity contribution in [3.63, 3.8) is 0 Å². The van der Waals surface area contributed by atoms with Crippen LogP contribution in [0.1, 0.15) is 62.6 Å². The maximum atomic E-state index is 13.3. The largest absolute Gasteiger partial charge is 0.357 e. The highest BCUT2D eigenvalue weighted by atomic mass is 32.2. The number of hydrogen-bond donors (Lipinski definition) is 0. The van der Waals surface area contributed by atoms with Gasteiger partial charge in [0.2, 0.25) is 0 Å². The van der Waals surface area contributed by atoms with E-state index in [0.29, 0.717) is 26.6 Å². The molecule has 32 heavy (non-hydrogen) atoms. The molecule has 1 aliphatic carbocycles. The van der Waals surface area contributed by atoms with Gasteiger partial charge in [-0.1, -0.05) is 50.7 Å². The van der Waals surface area contributed by atoms with Crippen LogP contribution in [0.15, 0.2) is 9.70 Å². The van der Waals surface area contributed by atoms with E-state index in [9.17, 15) is 14.9 Å². The minimum atomic E-state index is -0.290. The predicted molar refractivity (Wildman–Crippen MR) is 134 cm³/mol. The zero-order chi connectivity index (χ0) is 23.2. The summed E-state index contributed by atoms with van der Waals surface area (Å²) < 4.78 is 2.19. The van der Waals surface area contributed by atoms with Gasteiger partial charge in [-0.3, -0.25) is 19.1 Å². The highest BCUT2D eigenvalue weighted by Crippen LogP contribution is 2.40. The molecule has 4 rings (SSSR count). The first kappa shape index (κ1) is 23.1. The normalized spacial score (nSPS) is 25.8. The Morgan fingerprint density at radius 1 is 1.16 bits per heavy atom. The first-order valence-electron chi connectivity index (χ1n) is 11.4. The molecule has 1 amide bonds. The number of carbonyl (C=O) groups excluding carboxylic acids is 1. The van der Waals surface area contributed by atoms with Gasteiger partial charge < -0.3 is 4.90 Å². The number of hydrogen-bond acceptors (Lipinski definition) is 6. The van der Waals surface area contributed by atoms with Crippen LogP contribution in [0.4, 0.5) is 5.82 Å². The maximum absolute atomic E-state index is 13.3. The molecule has 3 heterocycles. The Bertz CT molecular complexity index is 1080. The fourth-order valence-electron chi connectivity index (χ4n) is 5.52. The third-order valence-electron chi connectivity index (χ3n) is 6.93. The fraction of sp³-hybridized carbons (Fsp3) is 0.583. The molecule has 6 nitrogen and oxygen atoms in total. The van der Waals surface area contributed by atoms with E-state index in [1.165, 1.54) is 11.8 Å². The van der Waals surface area contributed by atoms with Gasteiger partial charge in [0, 0.05) is 31.7 Å². The van der Waals surface area contributed by atoms with Crippen molar-refractivity contribution in [2.75, 3.05) is 18.0 Å². The van der Waals surface area contributed by atoms with Crippen LogP contribution in [0.2, 0.25) is 0 Å². The smallest absolute Gasteiger partial charge is 0.270 e. The number of amides is 1. The lowest BCUT2D eigenvalue weighted by molar-refractivity contribution is -0.123. The molecule has 1 aromatic heterocycles. The third-order valence-corrected chi connectivity index (χ3v) is 8.26. The number of thiocarbonyl (C=S) groups is 1. The van der Waals surface area contributed by atoms with Gasteiger partial charge in [-0.05, 0) is 49.7 Å². The van der Waals surface area contributed by atoms with Gasteiger partial charge in [0.05, 0.1) is 4.91 Å². The Balaban J connectivity index is 1.84. The standard InChI is InChI=1S/C24H30N4O2S2/c1-14-9-15(2)13-27(12-14)21-18(16(3)19(11-25)22(29)26(21)4)10-20-23(30)28(24(31)32-20)17-7-5-6-8-17/h10,14-15,17H,5-9,12-13H2,1-4H3/b20-10-. The van der Waals surface area contributed by atoms with E-state index >= 15 is 0 Å². The summed E-state index contributed by atoms with van der Waals surface area (Å²) in [5.41, 5.74) is 1.24. The average Bonchev–Trinajstić information content (AvgIpc) is 3.34. The first-order valence-corrected chi connectivity index (χ1v) is 12.6. The van der Waals surface area contributed by atoms with Crippen LogP contribution in [0.5, 0.6) is 0 Å². The fourth-order valence-corrected chi connectivity index (χ4v) is 6.90. The van der Waals surface area contributed by atoms with Crippen LogP contribution in [-0.2, 0) is 11.8 Å². The average molecular weight is 471 g/mol. The van der Waals surface area contributed by atoms with Crippen molar-refractivity contribution in [1.82, 2.24) is 9.47 Å². The van der Waals surface area contributed by atoms with Gasteiger partial charge in [0.15, 0.2) is 0 Å². The number of aromatic nitrogens is 1. The van der Waals surface area contributed by atoms with Gasteiger partial charge in [-0.15, -0.1) is 0 Å². The summed E-state index contributed by atoms with van der Waals surface area (Å²) >= 11 is 6.91. The van der Waals surface area contributed by atoms with Crippen LogP contribution in [-0.4, -0.2) is 38.8 Å². The van der Waals surface area contributed by atoms with Crippen molar-refractivity contribution in [2.24, 2.45) is 18.9 Å². The number of thioether (sulfide) groups is 1. The molecule has 170 valence electrons. The van der Waals surface area contributed by atoms with E-state index in [2.05, 4.69) is 24.8 Å². The summed E-state index contributed by atoms with van der Waals surface area (Å²) in [5, 5.41) is 9.68. The van der Waals surface area contributed by atoms with Crippen LogP contribution in [0.3, 0.4) is 0 Å². The van der Waals surface area contributed by atoms with Gasteiger partial charge in [-0.25, -0.2) is 0 Å². The molecule has 8 heteroatoms. The number of rotatable bonds is 3. The van der Waals surface area contributed by atoms with E-state index in [-0.39, 0.29) is 23.1 Å². The van der Waals surface area contributed by atoms with E-state index in [0.717, 1.165) is 56.6 Å². The summed E-state index contributed by atoms with van der Waals surface area (Å²) in [4.78, 5) is 30.9. The molecule has 0 aromatic carbocycles. The summed E-state index contributed by atoms with van der Waals surface area (Å²) in [7, 11) is 1.73. The maximum Gasteiger partial charge on any atom is 0.270 e. The summed E-state index contributed by atoms with van der Waals surface area (Å²) in [6, 6.07) is 2.27. The number of carbonyl (C=O) groups is 1. The summed E-state index contributed by atoms with van der Waals surface area (Å²) in [6.45, 7) is 7.94. The van der Waals surface area contributed by atoms with E-state index < -0.39 is 0 Å². The highest BCUT2D eigenvalue weighted by molar-refractivity contribution is 8.26. The Kier molecular flexibility index (Phi) is 6.51. The van der Waals surface area contributed by atoms with Crippen LogP contribution < -0.4 is 10.5 Å². The predicted octanol–water partition coefficient (Wildman–Crippen LogP) is 4.19. The van der Waals surface area contributed by atoms with E-state index in [1.54, 1.807) is 16.5 Å². The molecule has 0 N–H and O–H groups in total. The summed E-state index contributed by atoms with van der Waals surface area (Å²) in [6.07, 6.45) is 7.25. The molecule has 3 aliphatic rings. The number of anilines is 1. The molecule has 0 spiro atoms. The number of nitrogens with zero attached hydrogens (tertiary/aromatic N) is 4. The molecule has 1 saturated carbocycles. The lowest BCUT2D eigenvalue weighted by Gasteiger charge is -2.38. The Labute approximate surface area is 199 Å². The minimum Gasteiger partial charge on any atom is -0.357 e. The lowest BCUT2D eigenvalue weighted by Crippen LogP contribution is -2.42. The quantitative estimate of drug-likeness (QED) is 0.487. The molecule has 3 fully saturated rings. The van der Waals surface area contributed by atoms with Gasteiger partial charge in [0.1, 0.15) is 21.8 Å². The van der Waals surface area contributed by atoms with Gasteiger partial charge >= 0.3 is 0 Å². The Morgan fingerprint density at radius 2 is 1.78 bits per heavy atom. The van der Waals surface area contributed by atoms with Crippen molar-refractivity contribution >= 4 is 46.1 Å². The Morgan fingerprint density at radius 3 is 2.38 bits per heavy atom. The molecule has 2 aliphatic heterocycles. The molecular weight excluding hydrogens is 440 g/mol. The van der Waals surface area contributed by atoms with Crippen molar-refractivity contribution in [3.8, 4) is 6.07 Å². The van der Waals surface area contributed by atoms with E-state index in [1.807, 2.05) is 13.0 Å². The van der Waals surface area contributed by atoms with Crippen LogP contribution in [0, 0.1) is 30.1 Å². The van der Waals surface area contributed by atoms with E-state index in [4.69, 9.17) is 12.2 Å². The van der Waals surface area contributed by atoms with Crippen molar-refractivity contribution in [3.05, 3.63) is 31.9 Å². The Hall–Kier alpha value is -2.11. The minimum absolute atomic E-state index is 0.0509. The number of nitriles is 1. The third kappa shape index (κ3) is 4.01. The SMILES string of the molecule is Cc1c(/C=C2\SC(=S)N(C3CCCC3)C2=O)c(N2CC(C)CC(C)C2)n(C)c(=O)c1C#N. The first-order chi connectivity index (χ1) is 15.2. The summed E-state index contributed by atoms with van der Waals surface area (Å²) in [5.74, 6) is 1.73. The molecule has 1 aromatic rings. The van der Waals surface area contributed by atoms with Crippen LogP contribution >= 0.6 is 24.0 Å². The monoisotopic (exact) mass is 470 g/mol. The molecule has 2 saturated heterocycles. The molecular formula is C24H30N4O2S2. The second-order valence-electron chi connectivity index (χ2n) is 9.55. The van der Waals surface area contributed by atoms with Crippen LogP contribution in [0.25, 0.3) is 6.08 Å². The lowest BCUT2D eigenvalue weighted by atomic mass is 9.91. The topological polar surface area (TPSA) is 69.3 Å². The van der Waals surface area contributed by atoms with Crippen molar-refractivity contribution < 1.29 is 4.79 Å². The molecule has 0 radical (unpaired) electrons. The van der Waals surface area contributed by atoms with Crippen molar-refractivity contribution in [1.29, 1.82) is 5.26 Å². The number of piperidine rings is 1. The molecule has 2 atom stereocenters. The zero-order valence-electron chi connectivity index (χ0n) is 19.2. The molecule has 2 unspecified atom stereocenters. The van der Waals surface area contributed by atoms with Gasteiger partial charge in [0.25, 0.3) is 11.5 Å². The van der Waals surface area contributed by atoms with Gasteiger partial charge in [-0.2, -0.15) is 5.26 Å². The highest BCUT2D eigenvalue weighted by Gasteiger charge is 2.38.